The van der Waals surface area contributed by atoms with Gasteiger partial charge in [0.05, 0.1) is 5.54 Å². The molecular formula is C10H17N3O. The van der Waals surface area contributed by atoms with Crippen molar-refractivity contribution in [2.24, 2.45) is 17.6 Å². The Morgan fingerprint density at radius 2 is 2.29 bits per heavy atom. The molecule has 0 unspecified atom stereocenters. The molecule has 0 aromatic heterocycles. The fourth-order valence-corrected chi connectivity index (χ4v) is 2.77. The Labute approximate surface area is 83.6 Å². The maximum Gasteiger partial charge on any atom is 0.223 e. The van der Waals surface area contributed by atoms with E-state index in [1.165, 1.54) is 6.42 Å². The number of hydrogen-bond donors (Lipinski definition) is 3. The van der Waals surface area contributed by atoms with Crippen LogP contribution in [-0.2, 0) is 4.79 Å². The predicted molar refractivity (Wildman–Crippen MR) is 52.5 cm³/mol. The minimum atomic E-state index is -0.0767. The van der Waals surface area contributed by atoms with Crippen LogP contribution in [0.25, 0.3) is 0 Å². The van der Waals surface area contributed by atoms with Gasteiger partial charge in [0.15, 0.2) is 0 Å². The van der Waals surface area contributed by atoms with Gasteiger partial charge in [-0.05, 0) is 12.8 Å². The lowest BCUT2D eigenvalue weighted by atomic mass is 9.84. The smallest absolute Gasteiger partial charge is 0.223 e. The Bertz CT molecular complexity index is 277. The average Bonchev–Trinajstić information content (AvgIpc) is 2.46. The third-order valence-electron chi connectivity index (χ3n) is 4.19. The van der Waals surface area contributed by atoms with Crippen molar-refractivity contribution in [2.45, 2.75) is 30.8 Å². The maximum absolute atomic E-state index is 11.8. The normalized spacial score (nSPS) is 45.5. The van der Waals surface area contributed by atoms with E-state index in [2.05, 4.69) is 10.6 Å². The average molecular weight is 195 g/mol. The van der Waals surface area contributed by atoms with Crippen molar-refractivity contribution in [3.63, 3.8) is 0 Å². The van der Waals surface area contributed by atoms with Gasteiger partial charge in [-0.1, -0.05) is 6.42 Å². The molecule has 0 radical (unpaired) electrons. The van der Waals surface area contributed by atoms with Crippen LogP contribution in [0.4, 0.5) is 0 Å². The highest BCUT2D eigenvalue weighted by molar-refractivity contribution is 5.81. The SMILES string of the molecule is N[C@@H]1[C@@H]2CNC[C@]12NC(=O)C1CCC1. The third-order valence-corrected chi connectivity index (χ3v) is 4.19. The van der Waals surface area contributed by atoms with E-state index in [0.717, 1.165) is 25.9 Å². The number of carbonyl (C=O) groups is 1. The minimum Gasteiger partial charge on any atom is -0.347 e. The highest BCUT2D eigenvalue weighted by atomic mass is 16.2. The molecule has 0 aromatic carbocycles. The number of carbonyl (C=O) groups excluding carboxylic acids is 1. The largest absolute Gasteiger partial charge is 0.347 e. The summed E-state index contributed by atoms with van der Waals surface area (Å²) in [6, 6.07) is 0.188. The fraction of sp³-hybridized carbons (Fsp3) is 0.900. The van der Waals surface area contributed by atoms with E-state index >= 15 is 0 Å². The third kappa shape index (κ3) is 0.982. The van der Waals surface area contributed by atoms with E-state index in [9.17, 15) is 4.79 Å². The van der Waals surface area contributed by atoms with Gasteiger partial charge in [-0.3, -0.25) is 4.79 Å². The summed E-state index contributed by atoms with van der Waals surface area (Å²) in [6.07, 6.45) is 3.34. The molecule has 4 nitrogen and oxygen atoms in total. The lowest BCUT2D eigenvalue weighted by Gasteiger charge is -2.27. The first-order valence-corrected chi connectivity index (χ1v) is 5.52. The summed E-state index contributed by atoms with van der Waals surface area (Å²) in [5.41, 5.74) is 5.88. The van der Waals surface area contributed by atoms with Crippen LogP contribution >= 0.6 is 0 Å². The molecule has 3 atom stereocenters. The molecule has 14 heavy (non-hydrogen) atoms. The van der Waals surface area contributed by atoms with E-state index in [4.69, 9.17) is 5.73 Å². The van der Waals surface area contributed by atoms with Crippen molar-refractivity contribution < 1.29 is 4.79 Å². The number of nitrogens with one attached hydrogen (secondary N) is 2. The van der Waals surface area contributed by atoms with E-state index in [0.29, 0.717) is 5.92 Å². The van der Waals surface area contributed by atoms with Crippen LogP contribution in [0, 0.1) is 11.8 Å². The van der Waals surface area contributed by atoms with Gasteiger partial charge in [0.2, 0.25) is 5.91 Å². The van der Waals surface area contributed by atoms with Crippen molar-refractivity contribution >= 4 is 5.91 Å². The Hall–Kier alpha value is -0.610. The molecule has 1 saturated heterocycles. The van der Waals surface area contributed by atoms with Crippen LogP contribution in [0.3, 0.4) is 0 Å². The molecule has 1 heterocycles. The van der Waals surface area contributed by atoms with Gasteiger partial charge in [-0.15, -0.1) is 0 Å². The van der Waals surface area contributed by atoms with Crippen molar-refractivity contribution in [2.75, 3.05) is 13.1 Å². The number of nitrogens with two attached hydrogens (primary N) is 1. The van der Waals surface area contributed by atoms with Gasteiger partial charge in [0, 0.05) is 31.0 Å². The summed E-state index contributed by atoms with van der Waals surface area (Å²) in [4.78, 5) is 11.8. The van der Waals surface area contributed by atoms with Crippen LogP contribution in [0.1, 0.15) is 19.3 Å². The van der Waals surface area contributed by atoms with Crippen molar-refractivity contribution in [3.05, 3.63) is 0 Å². The Balaban J connectivity index is 1.64. The number of rotatable bonds is 2. The van der Waals surface area contributed by atoms with Gasteiger partial charge in [-0.2, -0.15) is 0 Å². The molecule has 1 amide bonds. The molecule has 0 aromatic rings. The predicted octanol–water partition coefficient (Wildman–Crippen LogP) is -0.798. The first-order chi connectivity index (χ1) is 6.74. The highest BCUT2D eigenvalue weighted by Crippen LogP contribution is 2.45. The number of fused-ring (bicyclic) bond motifs is 1. The van der Waals surface area contributed by atoms with E-state index in [1.807, 2.05) is 0 Å². The summed E-state index contributed by atoms with van der Waals surface area (Å²) in [6.45, 7) is 1.82. The zero-order chi connectivity index (χ0) is 9.76. The summed E-state index contributed by atoms with van der Waals surface area (Å²) in [5, 5.41) is 6.43. The summed E-state index contributed by atoms with van der Waals surface area (Å²) < 4.78 is 0. The summed E-state index contributed by atoms with van der Waals surface area (Å²) in [5.74, 6) is 0.989. The second kappa shape index (κ2) is 2.70. The fourth-order valence-electron chi connectivity index (χ4n) is 2.77. The van der Waals surface area contributed by atoms with Gasteiger partial charge in [-0.25, -0.2) is 0 Å². The van der Waals surface area contributed by atoms with Crippen molar-refractivity contribution in [3.8, 4) is 0 Å². The van der Waals surface area contributed by atoms with Crippen LogP contribution in [0.15, 0.2) is 0 Å². The Morgan fingerprint density at radius 3 is 2.79 bits per heavy atom. The van der Waals surface area contributed by atoms with E-state index < -0.39 is 0 Å². The molecule has 1 aliphatic heterocycles. The number of piperidine rings is 1. The Morgan fingerprint density at radius 1 is 1.50 bits per heavy atom. The number of hydrogen-bond acceptors (Lipinski definition) is 3. The maximum atomic E-state index is 11.8. The van der Waals surface area contributed by atoms with Crippen LogP contribution in [-0.4, -0.2) is 30.6 Å². The van der Waals surface area contributed by atoms with Gasteiger partial charge >= 0.3 is 0 Å². The first kappa shape index (κ1) is 8.68. The van der Waals surface area contributed by atoms with Gasteiger partial charge in [0.25, 0.3) is 0 Å². The highest BCUT2D eigenvalue weighted by Gasteiger charge is 2.66. The van der Waals surface area contributed by atoms with Crippen LogP contribution in [0.2, 0.25) is 0 Å². The molecule has 2 aliphatic carbocycles. The number of amides is 1. The van der Waals surface area contributed by atoms with Crippen LogP contribution in [0.5, 0.6) is 0 Å². The molecule has 78 valence electrons. The van der Waals surface area contributed by atoms with Gasteiger partial charge in [0.1, 0.15) is 0 Å². The molecule has 2 saturated carbocycles. The van der Waals surface area contributed by atoms with Crippen molar-refractivity contribution in [1.82, 2.24) is 10.6 Å². The molecule has 3 fully saturated rings. The van der Waals surface area contributed by atoms with Crippen LogP contribution < -0.4 is 16.4 Å². The summed E-state index contributed by atoms with van der Waals surface area (Å²) in [7, 11) is 0. The molecule has 0 spiro atoms. The minimum absolute atomic E-state index is 0.0767. The molecular weight excluding hydrogens is 178 g/mol. The quantitative estimate of drug-likeness (QED) is 0.540. The zero-order valence-corrected chi connectivity index (χ0v) is 8.25. The van der Waals surface area contributed by atoms with Gasteiger partial charge < -0.3 is 16.4 Å². The van der Waals surface area contributed by atoms with Crippen molar-refractivity contribution in [1.29, 1.82) is 0 Å². The van der Waals surface area contributed by atoms with E-state index in [1.54, 1.807) is 0 Å². The second-order valence-electron chi connectivity index (χ2n) is 4.92. The monoisotopic (exact) mass is 195 g/mol. The lowest BCUT2D eigenvalue weighted by molar-refractivity contribution is -0.128. The summed E-state index contributed by atoms with van der Waals surface area (Å²) >= 11 is 0. The topological polar surface area (TPSA) is 67.2 Å². The molecule has 4 N–H and O–H groups in total. The van der Waals surface area contributed by atoms with E-state index in [-0.39, 0.29) is 23.4 Å². The molecule has 4 heteroatoms. The Kier molecular flexibility index (Phi) is 1.67. The second-order valence-corrected chi connectivity index (χ2v) is 4.92. The molecule has 3 aliphatic rings. The zero-order valence-electron chi connectivity index (χ0n) is 8.25. The molecule has 0 bridgehead atoms. The lowest BCUT2D eigenvalue weighted by Crippen LogP contribution is -2.49. The molecule has 3 rings (SSSR count). The standard InChI is InChI=1S/C10H17N3O/c11-8-7-4-12-5-10(7,8)13-9(14)6-2-1-3-6/h6-8,12H,1-5,11H2,(H,13,14)/t7-,8+,10+/m0/s1. The first-order valence-electron chi connectivity index (χ1n) is 5.52.